The largest absolute Gasteiger partial charge is 0.456 e. The molecule has 0 aliphatic heterocycles. The van der Waals surface area contributed by atoms with Crippen LogP contribution in [0.5, 0.6) is 0 Å². The summed E-state index contributed by atoms with van der Waals surface area (Å²) in [4.78, 5) is 24.5. The predicted molar refractivity (Wildman–Crippen MR) is 99.2 cm³/mol. The number of rotatable bonds is 6. The van der Waals surface area contributed by atoms with E-state index in [2.05, 4.69) is 5.32 Å². The molecule has 4 heteroatoms. The highest BCUT2D eigenvalue weighted by Crippen LogP contribution is 2.61. The molecule has 0 aromatic heterocycles. The maximum atomic E-state index is 12.4. The van der Waals surface area contributed by atoms with Crippen LogP contribution in [0.15, 0.2) is 30.3 Å². The van der Waals surface area contributed by atoms with Crippen molar-refractivity contribution in [1.82, 2.24) is 5.32 Å². The zero-order valence-electron chi connectivity index (χ0n) is 15.6. The molecule has 140 valence electrons. The third-order valence-corrected chi connectivity index (χ3v) is 6.73. The second kappa shape index (κ2) is 7.05. The number of hydrogen-bond donors (Lipinski definition) is 1. The molecular weight excluding hydrogens is 326 g/mol. The first-order valence-corrected chi connectivity index (χ1v) is 10.0. The van der Waals surface area contributed by atoms with Gasteiger partial charge in [-0.25, -0.2) is 0 Å². The Kier molecular flexibility index (Phi) is 4.76. The molecule has 5 rings (SSSR count). The number of carbonyl (C=O) groups is 2. The number of benzene rings is 1. The van der Waals surface area contributed by atoms with Gasteiger partial charge in [0.05, 0.1) is 12.5 Å². The molecule has 1 N–H and O–H groups in total. The summed E-state index contributed by atoms with van der Waals surface area (Å²) in [5.74, 6) is 2.03. The Morgan fingerprint density at radius 3 is 2.23 bits per heavy atom. The summed E-state index contributed by atoms with van der Waals surface area (Å²) in [6, 6.07) is 9.70. The van der Waals surface area contributed by atoms with Crippen LogP contribution in [0.25, 0.3) is 0 Å². The van der Waals surface area contributed by atoms with E-state index in [9.17, 15) is 9.59 Å². The highest BCUT2D eigenvalue weighted by molar-refractivity contribution is 5.81. The number of esters is 1. The number of hydrogen-bond acceptors (Lipinski definition) is 3. The Hall–Kier alpha value is -1.84. The lowest BCUT2D eigenvalue weighted by molar-refractivity contribution is -0.155. The lowest BCUT2D eigenvalue weighted by Crippen LogP contribution is -2.47. The summed E-state index contributed by atoms with van der Waals surface area (Å²) in [7, 11) is 0. The van der Waals surface area contributed by atoms with Crippen molar-refractivity contribution in [3.05, 3.63) is 35.9 Å². The van der Waals surface area contributed by atoms with E-state index < -0.39 is 0 Å². The van der Waals surface area contributed by atoms with Gasteiger partial charge in [-0.2, -0.15) is 0 Å². The van der Waals surface area contributed by atoms with E-state index in [1.54, 1.807) is 0 Å². The van der Waals surface area contributed by atoms with Gasteiger partial charge in [0, 0.05) is 0 Å². The maximum Gasteiger partial charge on any atom is 0.306 e. The van der Waals surface area contributed by atoms with E-state index in [0.29, 0.717) is 6.42 Å². The Balaban J connectivity index is 1.25. The monoisotopic (exact) mass is 355 g/mol. The van der Waals surface area contributed by atoms with Gasteiger partial charge in [-0.05, 0) is 74.2 Å². The van der Waals surface area contributed by atoms with Gasteiger partial charge in [0.2, 0.25) is 0 Å². The molecule has 1 aromatic rings. The first-order chi connectivity index (χ1) is 12.5. The summed E-state index contributed by atoms with van der Waals surface area (Å²) < 4.78 is 5.33. The van der Waals surface area contributed by atoms with Crippen LogP contribution in [0.2, 0.25) is 0 Å². The number of nitrogens with one attached hydrogen (secondary N) is 1. The van der Waals surface area contributed by atoms with Gasteiger partial charge in [0.1, 0.15) is 0 Å². The van der Waals surface area contributed by atoms with E-state index >= 15 is 0 Å². The van der Waals surface area contributed by atoms with Gasteiger partial charge in [-0.3, -0.25) is 9.59 Å². The molecule has 0 heterocycles. The van der Waals surface area contributed by atoms with Crippen LogP contribution in [0.3, 0.4) is 0 Å². The maximum absolute atomic E-state index is 12.4. The minimum absolute atomic E-state index is 0.0921. The molecule has 0 unspecified atom stereocenters. The van der Waals surface area contributed by atoms with E-state index in [0.717, 1.165) is 23.3 Å². The zero-order chi connectivity index (χ0) is 18.1. The minimum Gasteiger partial charge on any atom is -0.456 e. The summed E-state index contributed by atoms with van der Waals surface area (Å²) >= 11 is 0. The smallest absolute Gasteiger partial charge is 0.306 e. The van der Waals surface area contributed by atoms with E-state index in [1.807, 2.05) is 37.3 Å². The Morgan fingerprint density at radius 2 is 1.65 bits per heavy atom. The van der Waals surface area contributed by atoms with Crippen molar-refractivity contribution in [1.29, 1.82) is 0 Å². The summed E-state index contributed by atoms with van der Waals surface area (Å²) in [6.45, 7) is 1.76. The fraction of sp³-hybridized carbons (Fsp3) is 0.636. The molecule has 4 nitrogen and oxygen atoms in total. The van der Waals surface area contributed by atoms with Gasteiger partial charge in [-0.15, -0.1) is 0 Å². The average molecular weight is 355 g/mol. The highest BCUT2D eigenvalue weighted by Gasteiger charge is 2.51. The summed E-state index contributed by atoms with van der Waals surface area (Å²) in [5.41, 5.74) is 1.21. The van der Waals surface area contributed by atoms with Crippen LogP contribution >= 0.6 is 0 Å². The lowest BCUT2D eigenvalue weighted by atomic mass is 9.49. The van der Waals surface area contributed by atoms with E-state index in [4.69, 9.17) is 4.74 Å². The molecular formula is C22H29NO3. The standard InChI is InChI=1S/C22H29NO3/c1-15(19-5-3-2-4-6-19)23-20(24)14-26-21(25)13-22-10-16-7-17(11-22)9-18(8-16)12-22/h2-6,15-18H,7-14H2,1H3,(H,23,24)/t15-,16?,17?,18?,22?/m1/s1. The Morgan fingerprint density at radius 1 is 1.08 bits per heavy atom. The second-order valence-electron chi connectivity index (χ2n) is 8.95. The molecule has 4 fully saturated rings. The predicted octanol–water partition coefficient (Wildman–Crippen LogP) is 4.01. The van der Waals surface area contributed by atoms with Crippen molar-refractivity contribution in [3.8, 4) is 0 Å². The molecule has 0 radical (unpaired) electrons. The van der Waals surface area contributed by atoms with Crippen LogP contribution in [-0.2, 0) is 14.3 Å². The van der Waals surface area contributed by atoms with Crippen molar-refractivity contribution in [3.63, 3.8) is 0 Å². The molecule has 0 saturated heterocycles. The van der Waals surface area contributed by atoms with E-state index in [1.165, 1.54) is 38.5 Å². The van der Waals surface area contributed by atoms with Gasteiger partial charge in [0.25, 0.3) is 5.91 Å². The minimum atomic E-state index is -0.236. The highest BCUT2D eigenvalue weighted by atomic mass is 16.5. The SMILES string of the molecule is C[C@@H](NC(=O)COC(=O)CC12CC3CC(CC(C3)C1)C2)c1ccccc1. The van der Waals surface area contributed by atoms with Crippen LogP contribution in [-0.4, -0.2) is 18.5 Å². The molecule has 4 aliphatic rings. The first kappa shape index (κ1) is 17.6. The van der Waals surface area contributed by atoms with Crippen LogP contribution in [0.4, 0.5) is 0 Å². The Labute approximate surface area is 155 Å². The molecule has 1 amide bonds. The van der Waals surface area contributed by atoms with Crippen molar-refractivity contribution in [2.45, 2.75) is 57.9 Å². The fourth-order valence-corrected chi connectivity index (χ4v) is 6.12. The van der Waals surface area contributed by atoms with Crippen LogP contribution in [0, 0.1) is 23.2 Å². The third-order valence-electron chi connectivity index (χ3n) is 6.73. The quantitative estimate of drug-likeness (QED) is 0.784. The van der Waals surface area contributed by atoms with Gasteiger partial charge < -0.3 is 10.1 Å². The Bertz CT molecular complexity index is 634. The summed E-state index contributed by atoms with van der Waals surface area (Å²) in [5, 5.41) is 2.89. The number of carbonyl (C=O) groups excluding carboxylic acids is 2. The molecule has 4 aliphatic carbocycles. The lowest BCUT2D eigenvalue weighted by Gasteiger charge is -2.56. The van der Waals surface area contributed by atoms with Gasteiger partial charge in [-0.1, -0.05) is 30.3 Å². The van der Waals surface area contributed by atoms with Crippen molar-refractivity contribution >= 4 is 11.9 Å². The van der Waals surface area contributed by atoms with Crippen molar-refractivity contribution in [2.75, 3.05) is 6.61 Å². The molecule has 1 aromatic carbocycles. The molecule has 0 spiro atoms. The number of ether oxygens (including phenoxy) is 1. The van der Waals surface area contributed by atoms with Crippen molar-refractivity contribution < 1.29 is 14.3 Å². The van der Waals surface area contributed by atoms with Gasteiger partial charge >= 0.3 is 5.97 Å². The molecule has 26 heavy (non-hydrogen) atoms. The fourth-order valence-electron chi connectivity index (χ4n) is 6.12. The summed E-state index contributed by atoms with van der Waals surface area (Å²) in [6.07, 6.45) is 8.16. The van der Waals surface area contributed by atoms with Crippen molar-refractivity contribution in [2.24, 2.45) is 23.2 Å². The van der Waals surface area contributed by atoms with E-state index in [-0.39, 0.29) is 29.9 Å². The first-order valence-electron chi connectivity index (χ1n) is 10.0. The zero-order valence-corrected chi connectivity index (χ0v) is 15.6. The second-order valence-corrected chi connectivity index (χ2v) is 8.95. The van der Waals surface area contributed by atoms with Crippen LogP contribution < -0.4 is 5.32 Å². The van der Waals surface area contributed by atoms with Gasteiger partial charge in [0.15, 0.2) is 6.61 Å². The third kappa shape index (κ3) is 3.79. The average Bonchev–Trinajstić information content (AvgIpc) is 2.59. The van der Waals surface area contributed by atoms with Crippen LogP contribution in [0.1, 0.15) is 63.5 Å². The molecule has 1 atom stereocenters. The normalized spacial score (nSPS) is 32.9. The topological polar surface area (TPSA) is 55.4 Å². The number of amides is 1. The molecule has 4 saturated carbocycles. The molecule has 4 bridgehead atoms.